The summed E-state index contributed by atoms with van der Waals surface area (Å²) in [5.74, 6) is 0.276. The molecule has 144 valence electrons. The highest BCUT2D eigenvalue weighted by Gasteiger charge is 2.24. The van der Waals surface area contributed by atoms with Crippen molar-refractivity contribution in [2.75, 3.05) is 18.0 Å². The Morgan fingerprint density at radius 2 is 1.93 bits per heavy atom. The fraction of sp³-hybridized carbons (Fsp3) is 0.238. The van der Waals surface area contributed by atoms with Crippen LogP contribution in [0.15, 0.2) is 48.7 Å². The molecular weight excluding hydrogens is 400 g/mol. The number of carbonyl (C=O) groups is 1. The maximum Gasteiger partial charge on any atom is 0.253 e. The van der Waals surface area contributed by atoms with Crippen LogP contribution in [-0.2, 0) is 0 Å². The fourth-order valence-electron chi connectivity index (χ4n) is 3.56. The maximum absolute atomic E-state index is 13.7. The van der Waals surface area contributed by atoms with Crippen LogP contribution in [0.4, 0.5) is 10.2 Å². The van der Waals surface area contributed by atoms with Crippen LogP contribution in [0.1, 0.15) is 23.2 Å². The molecule has 0 saturated carbocycles. The van der Waals surface area contributed by atoms with Crippen LogP contribution in [0.5, 0.6) is 0 Å². The third-order valence-corrected chi connectivity index (χ3v) is 5.85. The number of halogens is 3. The molecule has 1 fully saturated rings. The lowest BCUT2D eigenvalue weighted by Crippen LogP contribution is -2.45. The van der Waals surface area contributed by atoms with E-state index in [9.17, 15) is 9.18 Å². The van der Waals surface area contributed by atoms with Crippen molar-refractivity contribution in [2.45, 2.75) is 18.9 Å². The van der Waals surface area contributed by atoms with Crippen LogP contribution < -0.4 is 10.2 Å². The Hall–Kier alpha value is -2.37. The van der Waals surface area contributed by atoms with Crippen molar-refractivity contribution < 1.29 is 9.18 Å². The van der Waals surface area contributed by atoms with Crippen molar-refractivity contribution in [1.29, 1.82) is 0 Å². The lowest BCUT2D eigenvalue weighted by molar-refractivity contribution is 0.0931. The van der Waals surface area contributed by atoms with Gasteiger partial charge in [0.1, 0.15) is 11.6 Å². The first kappa shape index (κ1) is 19.0. The minimum Gasteiger partial charge on any atom is -0.356 e. The molecular formula is C21H18Cl2FN3O. The highest BCUT2D eigenvalue weighted by atomic mass is 35.5. The summed E-state index contributed by atoms with van der Waals surface area (Å²) in [4.78, 5) is 19.1. The Bertz CT molecular complexity index is 1040. The summed E-state index contributed by atoms with van der Waals surface area (Å²) in [6.07, 6.45) is 3.26. The molecule has 1 aromatic heterocycles. The van der Waals surface area contributed by atoms with Gasteiger partial charge in [-0.05, 0) is 48.6 Å². The summed E-state index contributed by atoms with van der Waals surface area (Å²) in [6.45, 7) is 1.44. The molecule has 0 unspecified atom stereocenters. The lowest BCUT2D eigenvalue weighted by Gasteiger charge is -2.33. The smallest absolute Gasteiger partial charge is 0.253 e. The van der Waals surface area contributed by atoms with Gasteiger partial charge in [0.25, 0.3) is 5.91 Å². The molecule has 7 heteroatoms. The molecule has 2 aromatic carbocycles. The zero-order valence-corrected chi connectivity index (χ0v) is 16.5. The number of amides is 1. The summed E-state index contributed by atoms with van der Waals surface area (Å²) >= 11 is 12.1. The van der Waals surface area contributed by atoms with Gasteiger partial charge >= 0.3 is 0 Å². The predicted molar refractivity (Wildman–Crippen MR) is 111 cm³/mol. The molecule has 2 heterocycles. The first-order valence-corrected chi connectivity index (χ1v) is 9.82. The van der Waals surface area contributed by atoms with Gasteiger partial charge in [0.2, 0.25) is 0 Å². The topological polar surface area (TPSA) is 45.2 Å². The van der Waals surface area contributed by atoms with Gasteiger partial charge in [-0.25, -0.2) is 9.37 Å². The average Bonchev–Trinajstić information content (AvgIpc) is 2.70. The summed E-state index contributed by atoms with van der Waals surface area (Å²) < 4.78 is 13.7. The van der Waals surface area contributed by atoms with Gasteiger partial charge in [0.05, 0.1) is 15.6 Å². The number of carbonyl (C=O) groups excluding carboxylic acids is 1. The van der Waals surface area contributed by atoms with Crippen LogP contribution in [0.3, 0.4) is 0 Å². The highest BCUT2D eigenvalue weighted by molar-refractivity contribution is 6.43. The molecule has 1 amide bonds. The van der Waals surface area contributed by atoms with Gasteiger partial charge in [-0.2, -0.15) is 0 Å². The third kappa shape index (κ3) is 3.77. The standard InChI is InChI=1S/C21H18Cl2FN3O/c22-18-3-1-2-16(19(18)23)21(28)26-15-7-10-27(11-8-15)20-17-12-14(24)5-4-13(17)6-9-25-20/h1-6,9,12,15H,7-8,10-11H2,(H,26,28). The lowest BCUT2D eigenvalue weighted by atomic mass is 10.0. The van der Waals surface area contributed by atoms with E-state index >= 15 is 0 Å². The molecule has 0 aliphatic carbocycles. The molecule has 28 heavy (non-hydrogen) atoms. The number of fused-ring (bicyclic) bond motifs is 1. The number of aromatic nitrogens is 1. The van der Waals surface area contributed by atoms with E-state index in [-0.39, 0.29) is 22.8 Å². The Balaban J connectivity index is 1.45. The quantitative estimate of drug-likeness (QED) is 0.645. The number of pyridine rings is 1. The number of piperidine rings is 1. The number of hydrogen-bond acceptors (Lipinski definition) is 3. The molecule has 1 aliphatic rings. The number of anilines is 1. The minimum absolute atomic E-state index is 0.0329. The largest absolute Gasteiger partial charge is 0.356 e. The molecule has 1 aliphatic heterocycles. The van der Waals surface area contributed by atoms with Crippen molar-refractivity contribution >= 4 is 45.7 Å². The molecule has 4 nitrogen and oxygen atoms in total. The van der Waals surface area contributed by atoms with E-state index in [0.717, 1.165) is 42.5 Å². The Morgan fingerprint density at radius 3 is 2.71 bits per heavy atom. The Labute approximate surface area is 172 Å². The van der Waals surface area contributed by atoms with Crippen LogP contribution in [0.25, 0.3) is 10.8 Å². The summed E-state index contributed by atoms with van der Waals surface area (Å²) in [5.41, 5.74) is 0.378. The van der Waals surface area contributed by atoms with Crippen molar-refractivity contribution in [3.8, 4) is 0 Å². The zero-order chi connectivity index (χ0) is 19.7. The Morgan fingerprint density at radius 1 is 1.14 bits per heavy atom. The molecule has 0 atom stereocenters. The van der Waals surface area contributed by atoms with E-state index in [1.807, 2.05) is 6.07 Å². The van der Waals surface area contributed by atoms with Gasteiger partial charge in [-0.3, -0.25) is 4.79 Å². The van der Waals surface area contributed by atoms with Gasteiger partial charge < -0.3 is 10.2 Å². The van der Waals surface area contributed by atoms with Gasteiger partial charge in [-0.1, -0.05) is 35.3 Å². The highest BCUT2D eigenvalue weighted by Crippen LogP contribution is 2.28. The van der Waals surface area contributed by atoms with Crippen LogP contribution in [0.2, 0.25) is 10.0 Å². The third-order valence-electron chi connectivity index (χ3n) is 5.03. The molecule has 3 aromatic rings. The normalized spacial score (nSPS) is 15.0. The van der Waals surface area contributed by atoms with E-state index in [1.165, 1.54) is 12.1 Å². The van der Waals surface area contributed by atoms with Crippen molar-refractivity contribution in [3.63, 3.8) is 0 Å². The molecule has 0 spiro atoms. The van der Waals surface area contributed by atoms with Crippen molar-refractivity contribution in [2.24, 2.45) is 0 Å². The van der Waals surface area contributed by atoms with Crippen LogP contribution in [0, 0.1) is 5.82 Å². The SMILES string of the molecule is O=C(NC1CCN(c2nccc3ccc(F)cc23)CC1)c1cccc(Cl)c1Cl. The molecule has 4 rings (SSSR count). The number of nitrogens with one attached hydrogen (secondary N) is 1. The van der Waals surface area contributed by atoms with E-state index in [0.29, 0.717) is 10.6 Å². The van der Waals surface area contributed by atoms with Crippen LogP contribution in [-0.4, -0.2) is 30.0 Å². The summed E-state index contributed by atoms with van der Waals surface area (Å²) in [5, 5.41) is 5.41. The van der Waals surface area contributed by atoms with Crippen molar-refractivity contribution in [3.05, 3.63) is 70.1 Å². The number of nitrogens with zero attached hydrogens (tertiary/aromatic N) is 2. The van der Waals surface area contributed by atoms with E-state index in [4.69, 9.17) is 23.2 Å². The van der Waals surface area contributed by atoms with E-state index < -0.39 is 0 Å². The predicted octanol–water partition coefficient (Wildman–Crippen LogP) is 5.08. The molecule has 1 N–H and O–H groups in total. The van der Waals surface area contributed by atoms with Crippen LogP contribution >= 0.6 is 23.2 Å². The van der Waals surface area contributed by atoms with E-state index in [1.54, 1.807) is 30.5 Å². The molecule has 0 bridgehead atoms. The second-order valence-electron chi connectivity index (χ2n) is 6.84. The number of rotatable bonds is 3. The first-order chi connectivity index (χ1) is 13.5. The maximum atomic E-state index is 13.7. The second-order valence-corrected chi connectivity index (χ2v) is 7.62. The number of benzene rings is 2. The van der Waals surface area contributed by atoms with Gasteiger partial charge in [-0.15, -0.1) is 0 Å². The minimum atomic E-state index is -0.276. The summed E-state index contributed by atoms with van der Waals surface area (Å²) in [6, 6.07) is 11.7. The Kier molecular flexibility index (Phi) is 5.38. The molecule has 1 saturated heterocycles. The molecule has 0 radical (unpaired) electrons. The zero-order valence-electron chi connectivity index (χ0n) is 15.0. The van der Waals surface area contributed by atoms with Gasteiger partial charge in [0.15, 0.2) is 0 Å². The van der Waals surface area contributed by atoms with E-state index in [2.05, 4.69) is 15.2 Å². The number of hydrogen-bond donors (Lipinski definition) is 1. The van der Waals surface area contributed by atoms with Gasteiger partial charge in [0, 0.05) is 30.7 Å². The first-order valence-electron chi connectivity index (χ1n) is 9.07. The monoisotopic (exact) mass is 417 g/mol. The fourth-order valence-corrected chi connectivity index (χ4v) is 3.94. The second kappa shape index (κ2) is 7.94. The van der Waals surface area contributed by atoms with Crippen molar-refractivity contribution in [1.82, 2.24) is 10.3 Å². The average molecular weight is 418 g/mol. The summed E-state index contributed by atoms with van der Waals surface area (Å²) in [7, 11) is 0.